The van der Waals surface area contributed by atoms with Gasteiger partial charge in [-0.3, -0.25) is 4.90 Å². The largest absolute Gasteiger partial charge is 0.312 e. The van der Waals surface area contributed by atoms with Gasteiger partial charge in [-0.2, -0.15) is 11.8 Å². The summed E-state index contributed by atoms with van der Waals surface area (Å²) in [4.78, 5) is 2.87. The highest BCUT2D eigenvalue weighted by molar-refractivity contribution is 7.99. The van der Waals surface area contributed by atoms with E-state index in [0.29, 0.717) is 0 Å². The minimum absolute atomic E-state index is 0.783. The molecule has 0 bridgehead atoms. The molecule has 2 aliphatic carbocycles. The quantitative estimate of drug-likeness (QED) is 0.851. The molecule has 1 N–H and O–H groups in total. The lowest BCUT2D eigenvalue weighted by molar-refractivity contribution is 0.135. The van der Waals surface area contributed by atoms with E-state index in [2.05, 4.69) is 28.2 Å². The third-order valence-electron chi connectivity index (χ3n) is 6.17. The fourth-order valence-electron chi connectivity index (χ4n) is 4.81. The number of hydrogen-bond donors (Lipinski definition) is 1. The van der Waals surface area contributed by atoms with Gasteiger partial charge in [-0.1, -0.05) is 19.3 Å². The third kappa shape index (κ3) is 4.39. The first-order valence-corrected chi connectivity index (χ1v) is 10.7. The molecule has 0 radical (unpaired) electrons. The zero-order valence-electron chi connectivity index (χ0n) is 13.9. The van der Waals surface area contributed by atoms with Crippen LogP contribution < -0.4 is 5.32 Å². The molecule has 2 saturated carbocycles. The van der Waals surface area contributed by atoms with Crippen molar-refractivity contribution in [3.63, 3.8) is 0 Å². The van der Waals surface area contributed by atoms with Gasteiger partial charge in [0.2, 0.25) is 0 Å². The van der Waals surface area contributed by atoms with Crippen molar-refractivity contribution < 1.29 is 0 Å². The molecule has 0 aromatic heterocycles. The summed E-state index contributed by atoms with van der Waals surface area (Å²) in [6.45, 7) is 3.92. The van der Waals surface area contributed by atoms with Crippen molar-refractivity contribution in [2.24, 2.45) is 5.92 Å². The number of rotatable bonds is 3. The molecule has 2 nitrogen and oxygen atoms in total. The highest BCUT2D eigenvalue weighted by Crippen LogP contribution is 2.32. The summed E-state index contributed by atoms with van der Waals surface area (Å²) in [5.74, 6) is 0.960. The van der Waals surface area contributed by atoms with E-state index >= 15 is 0 Å². The molecular formula is C18H34N2S. The first kappa shape index (κ1) is 16.1. The zero-order valence-corrected chi connectivity index (χ0v) is 14.7. The minimum Gasteiger partial charge on any atom is -0.312 e. The summed E-state index contributed by atoms with van der Waals surface area (Å²) in [6.07, 6.45) is 16.8. The molecule has 0 amide bonds. The van der Waals surface area contributed by atoms with Crippen LogP contribution >= 0.6 is 11.8 Å². The van der Waals surface area contributed by atoms with Crippen molar-refractivity contribution in [3.05, 3.63) is 0 Å². The van der Waals surface area contributed by atoms with Gasteiger partial charge in [0.15, 0.2) is 0 Å². The van der Waals surface area contributed by atoms with E-state index in [1.165, 1.54) is 83.8 Å². The van der Waals surface area contributed by atoms with Gasteiger partial charge in [-0.25, -0.2) is 0 Å². The molecule has 3 aliphatic rings. The van der Waals surface area contributed by atoms with E-state index in [1.807, 2.05) is 0 Å². The van der Waals surface area contributed by atoms with Crippen molar-refractivity contribution >= 4 is 11.8 Å². The molecule has 1 unspecified atom stereocenters. The van der Waals surface area contributed by atoms with Crippen LogP contribution in [0.1, 0.15) is 64.2 Å². The Hall–Kier alpha value is 0.270. The number of thioether (sulfide) groups is 1. The monoisotopic (exact) mass is 310 g/mol. The SMILES string of the molecule is CSC1CCC(N2CCCNC(C3CCCCC3)C2)CC1. The Bertz CT molecular complexity index is 296. The normalized spacial score (nSPS) is 37.3. The molecule has 1 heterocycles. The molecule has 3 heteroatoms. The van der Waals surface area contributed by atoms with Gasteiger partial charge in [0.1, 0.15) is 0 Å². The van der Waals surface area contributed by atoms with E-state index in [1.54, 1.807) is 0 Å². The van der Waals surface area contributed by atoms with Gasteiger partial charge in [0, 0.05) is 23.9 Å². The number of nitrogens with one attached hydrogen (secondary N) is 1. The van der Waals surface area contributed by atoms with Gasteiger partial charge >= 0.3 is 0 Å². The number of hydrogen-bond acceptors (Lipinski definition) is 3. The molecular weight excluding hydrogens is 276 g/mol. The van der Waals surface area contributed by atoms with Crippen LogP contribution in [0.25, 0.3) is 0 Å². The van der Waals surface area contributed by atoms with Gasteiger partial charge < -0.3 is 5.32 Å². The van der Waals surface area contributed by atoms with Crippen LogP contribution in [-0.4, -0.2) is 48.1 Å². The van der Waals surface area contributed by atoms with E-state index in [9.17, 15) is 0 Å². The molecule has 1 atom stereocenters. The zero-order chi connectivity index (χ0) is 14.5. The smallest absolute Gasteiger partial charge is 0.0223 e. The maximum absolute atomic E-state index is 3.89. The highest BCUT2D eigenvalue weighted by Gasteiger charge is 2.31. The summed E-state index contributed by atoms with van der Waals surface area (Å²) < 4.78 is 0. The van der Waals surface area contributed by atoms with Gasteiger partial charge in [-0.05, 0) is 70.2 Å². The van der Waals surface area contributed by atoms with E-state index < -0.39 is 0 Å². The van der Waals surface area contributed by atoms with Gasteiger partial charge in [0.25, 0.3) is 0 Å². The Morgan fingerprint density at radius 3 is 2.38 bits per heavy atom. The van der Waals surface area contributed by atoms with Crippen molar-refractivity contribution in [2.75, 3.05) is 25.9 Å². The van der Waals surface area contributed by atoms with Gasteiger partial charge in [-0.15, -0.1) is 0 Å². The molecule has 3 fully saturated rings. The molecule has 0 spiro atoms. The first-order chi connectivity index (χ1) is 10.4. The molecule has 21 heavy (non-hydrogen) atoms. The van der Waals surface area contributed by atoms with Crippen molar-refractivity contribution in [1.82, 2.24) is 10.2 Å². The lowest BCUT2D eigenvalue weighted by Gasteiger charge is -2.39. The fraction of sp³-hybridized carbons (Fsp3) is 1.00. The second-order valence-corrected chi connectivity index (χ2v) is 8.61. The van der Waals surface area contributed by atoms with Crippen LogP contribution in [0.15, 0.2) is 0 Å². The average Bonchev–Trinajstić information content (AvgIpc) is 2.82. The van der Waals surface area contributed by atoms with E-state index in [4.69, 9.17) is 0 Å². The Morgan fingerprint density at radius 1 is 0.905 bits per heavy atom. The second-order valence-electron chi connectivity index (χ2n) is 7.47. The molecule has 3 rings (SSSR count). The third-order valence-corrected chi connectivity index (χ3v) is 7.31. The van der Waals surface area contributed by atoms with Crippen molar-refractivity contribution in [3.8, 4) is 0 Å². The summed E-state index contributed by atoms with van der Waals surface area (Å²) in [6, 6.07) is 1.67. The summed E-state index contributed by atoms with van der Waals surface area (Å²) in [7, 11) is 0. The maximum atomic E-state index is 3.89. The summed E-state index contributed by atoms with van der Waals surface area (Å²) >= 11 is 2.09. The number of nitrogens with zero attached hydrogens (tertiary/aromatic N) is 1. The molecule has 1 aliphatic heterocycles. The Labute approximate surface area is 135 Å². The van der Waals surface area contributed by atoms with E-state index in [0.717, 1.165) is 23.3 Å². The minimum atomic E-state index is 0.783. The summed E-state index contributed by atoms with van der Waals surface area (Å²) in [5.41, 5.74) is 0. The van der Waals surface area contributed by atoms with Gasteiger partial charge in [0.05, 0.1) is 0 Å². The molecule has 1 saturated heterocycles. The summed E-state index contributed by atoms with van der Waals surface area (Å²) in [5, 5.41) is 4.84. The van der Waals surface area contributed by atoms with Crippen LogP contribution in [0.3, 0.4) is 0 Å². The van der Waals surface area contributed by atoms with Crippen LogP contribution in [0, 0.1) is 5.92 Å². The van der Waals surface area contributed by atoms with Crippen LogP contribution in [0.5, 0.6) is 0 Å². The molecule has 122 valence electrons. The lowest BCUT2D eigenvalue weighted by atomic mass is 9.83. The van der Waals surface area contributed by atoms with E-state index in [-0.39, 0.29) is 0 Å². The fourth-order valence-corrected chi connectivity index (χ4v) is 5.55. The van der Waals surface area contributed by atoms with Crippen LogP contribution in [0.2, 0.25) is 0 Å². The Kier molecular flexibility index (Phi) is 6.31. The molecule has 0 aromatic carbocycles. The van der Waals surface area contributed by atoms with Crippen molar-refractivity contribution in [1.29, 1.82) is 0 Å². The Balaban J connectivity index is 1.54. The lowest BCUT2D eigenvalue weighted by Crippen LogP contribution is -2.47. The second kappa shape index (κ2) is 8.21. The maximum Gasteiger partial charge on any atom is 0.0223 e. The van der Waals surface area contributed by atoms with Crippen molar-refractivity contribution in [2.45, 2.75) is 81.5 Å². The topological polar surface area (TPSA) is 15.3 Å². The predicted molar refractivity (Wildman–Crippen MR) is 94.1 cm³/mol. The average molecular weight is 311 g/mol. The standard InChI is InChI=1S/C18H34N2S/c1-21-17-10-8-16(9-11-17)20-13-5-12-19-18(14-20)15-6-3-2-4-7-15/h15-19H,2-14H2,1H3. The molecule has 0 aromatic rings. The predicted octanol–water partition coefficient (Wildman–Crippen LogP) is 3.90. The highest BCUT2D eigenvalue weighted by atomic mass is 32.2. The first-order valence-electron chi connectivity index (χ1n) is 9.37. The van der Waals surface area contributed by atoms with Crippen LogP contribution in [-0.2, 0) is 0 Å². The van der Waals surface area contributed by atoms with Crippen LogP contribution in [0.4, 0.5) is 0 Å². The Morgan fingerprint density at radius 2 is 1.67 bits per heavy atom.